The Morgan fingerprint density at radius 1 is 1.00 bits per heavy atom. The molecule has 0 saturated carbocycles. The van der Waals surface area contributed by atoms with Gasteiger partial charge in [0.1, 0.15) is 5.82 Å². The molecule has 6 nitrogen and oxygen atoms in total. The normalized spacial score (nSPS) is 11.1. The van der Waals surface area contributed by atoms with Gasteiger partial charge in [0.05, 0.1) is 28.7 Å². The fourth-order valence-electron chi connectivity index (χ4n) is 2.13. The van der Waals surface area contributed by atoms with Crippen LogP contribution in [-0.4, -0.2) is 30.1 Å². The van der Waals surface area contributed by atoms with Gasteiger partial charge in [-0.05, 0) is 26.7 Å². The van der Waals surface area contributed by atoms with E-state index in [0.717, 1.165) is 46.8 Å². The lowest BCUT2D eigenvalue weighted by atomic mass is 10.1. The van der Waals surface area contributed by atoms with Crippen LogP contribution in [0.4, 0.5) is 0 Å². The van der Waals surface area contributed by atoms with Crippen LogP contribution in [0, 0.1) is 13.8 Å². The highest BCUT2D eigenvalue weighted by atomic mass is 15.1. The van der Waals surface area contributed by atoms with E-state index in [1.165, 1.54) is 0 Å². The zero-order valence-corrected chi connectivity index (χ0v) is 10.9. The summed E-state index contributed by atoms with van der Waals surface area (Å²) in [6.07, 6.45) is 6.83. The molecule has 3 rings (SSSR count). The highest BCUT2D eigenvalue weighted by Gasteiger charge is 2.09. The number of rotatable bonds is 3. The van der Waals surface area contributed by atoms with Crippen LogP contribution >= 0.6 is 0 Å². The van der Waals surface area contributed by atoms with Crippen molar-refractivity contribution in [1.29, 1.82) is 0 Å². The van der Waals surface area contributed by atoms with Gasteiger partial charge in [0, 0.05) is 12.4 Å². The van der Waals surface area contributed by atoms with E-state index >= 15 is 0 Å². The molecule has 0 aliphatic heterocycles. The van der Waals surface area contributed by atoms with E-state index in [1.807, 2.05) is 13.8 Å². The van der Waals surface area contributed by atoms with Gasteiger partial charge in [0.15, 0.2) is 5.65 Å². The van der Waals surface area contributed by atoms with Crippen LogP contribution in [0.1, 0.15) is 22.9 Å². The summed E-state index contributed by atoms with van der Waals surface area (Å²) in [4.78, 5) is 17.4. The predicted molar refractivity (Wildman–Crippen MR) is 70.6 cm³/mol. The molecule has 6 heteroatoms. The summed E-state index contributed by atoms with van der Waals surface area (Å²) in [6, 6.07) is 0. The lowest BCUT2D eigenvalue weighted by Crippen LogP contribution is -2.02. The van der Waals surface area contributed by atoms with Gasteiger partial charge in [-0.2, -0.15) is 5.10 Å². The average molecular weight is 254 g/mol. The van der Waals surface area contributed by atoms with E-state index in [0.29, 0.717) is 0 Å². The molecule has 1 N–H and O–H groups in total. The molecule has 0 aliphatic carbocycles. The van der Waals surface area contributed by atoms with Crippen LogP contribution in [0.15, 0.2) is 18.6 Å². The van der Waals surface area contributed by atoms with Crippen molar-refractivity contribution < 1.29 is 0 Å². The van der Waals surface area contributed by atoms with Gasteiger partial charge in [-0.1, -0.05) is 0 Å². The zero-order valence-electron chi connectivity index (χ0n) is 10.9. The van der Waals surface area contributed by atoms with Gasteiger partial charge in [-0.3, -0.25) is 15.1 Å². The Morgan fingerprint density at radius 2 is 1.79 bits per heavy atom. The number of nitrogens with one attached hydrogen (secondary N) is 1. The van der Waals surface area contributed by atoms with Crippen molar-refractivity contribution >= 4 is 11.0 Å². The van der Waals surface area contributed by atoms with Gasteiger partial charge in [0.2, 0.25) is 0 Å². The summed E-state index contributed by atoms with van der Waals surface area (Å²) in [6.45, 7) is 3.86. The molecule has 0 radical (unpaired) electrons. The smallest absolute Gasteiger partial charge is 0.159 e. The molecule has 0 unspecified atom stereocenters. The zero-order chi connectivity index (χ0) is 13.2. The minimum absolute atomic E-state index is 0.752. The molecule has 0 aliphatic rings. The summed E-state index contributed by atoms with van der Waals surface area (Å²) < 4.78 is 0. The fourth-order valence-corrected chi connectivity index (χ4v) is 2.13. The monoisotopic (exact) mass is 254 g/mol. The first-order chi connectivity index (χ1) is 9.24. The Labute approximate surface area is 110 Å². The number of aryl methyl sites for hydroxylation is 4. The first-order valence-corrected chi connectivity index (χ1v) is 6.17. The Balaban J connectivity index is 1.90. The van der Waals surface area contributed by atoms with Gasteiger partial charge < -0.3 is 0 Å². The van der Waals surface area contributed by atoms with Gasteiger partial charge >= 0.3 is 0 Å². The third kappa shape index (κ3) is 2.29. The summed E-state index contributed by atoms with van der Waals surface area (Å²) in [5, 5.41) is 7.88. The number of nitrogens with zero attached hydrogens (tertiary/aromatic N) is 5. The van der Waals surface area contributed by atoms with Gasteiger partial charge in [0.25, 0.3) is 0 Å². The number of hydrogen-bond acceptors (Lipinski definition) is 5. The van der Waals surface area contributed by atoms with Crippen LogP contribution < -0.4 is 0 Å². The van der Waals surface area contributed by atoms with Crippen LogP contribution in [0.2, 0.25) is 0 Å². The van der Waals surface area contributed by atoms with E-state index in [4.69, 9.17) is 0 Å². The lowest BCUT2D eigenvalue weighted by molar-refractivity contribution is 0.848. The first kappa shape index (κ1) is 11.7. The van der Waals surface area contributed by atoms with Crippen molar-refractivity contribution in [2.75, 3.05) is 0 Å². The van der Waals surface area contributed by atoms with Crippen LogP contribution in [0.25, 0.3) is 11.0 Å². The predicted octanol–water partition coefficient (Wildman–Crippen LogP) is 1.54. The van der Waals surface area contributed by atoms with Crippen molar-refractivity contribution in [2.45, 2.75) is 26.7 Å². The maximum atomic E-state index is 4.50. The second-order valence-corrected chi connectivity index (χ2v) is 4.44. The second-order valence-electron chi connectivity index (χ2n) is 4.44. The first-order valence-electron chi connectivity index (χ1n) is 6.17. The number of hydrogen-bond donors (Lipinski definition) is 1. The average Bonchev–Trinajstić information content (AvgIpc) is 2.85. The van der Waals surface area contributed by atoms with Crippen molar-refractivity contribution in [3.8, 4) is 0 Å². The minimum Gasteiger partial charge on any atom is -0.261 e. The molecule has 3 heterocycles. The lowest BCUT2D eigenvalue weighted by Gasteiger charge is -2.05. The number of aromatic nitrogens is 6. The SMILES string of the molecule is Cc1nc(CCc2nccnc2C)c2cn[nH]c2n1. The fraction of sp³-hybridized carbons (Fsp3) is 0.308. The minimum atomic E-state index is 0.752. The standard InChI is InChI=1S/C13H14N6/c1-8-11(15-6-5-14-8)3-4-12-10-7-16-19-13(10)18-9(2)17-12/h5-7H,3-4H2,1-2H3,(H,16,17,18,19). The molecule has 0 saturated heterocycles. The molecule has 96 valence electrons. The molecule has 0 aromatic carbocycles. The molecule has 0 spiro atoms. The molecule has 19 heavy (non-hydrogen) atoms. The quantitative estimate of drug-likeness (QED) is 0.767. The molecular weight excluding hydrogens is 240 g/mol. The molecular formula is C13H14N6. The Morgan fingerprint density at radius 3 is 2.63 bits per heavy atom. The molecule has 0 fully saturated rings. The highest BCUT2D eigenvalue weighted by molar-refractivity contribution is 5.76. The molecule has 3 aromatic heterocycles. The van der Waals surface area contributed by atoms with Crippen molar-refractivity contribution in [3.63, 3.8) is 0 Å². The number of H-pyrrole nitrogens is 1. The summed E-state index contributed by atoms with van der Waals surface area (Å²) in [5.41, 5.74) is 3.77. The number of fused-ring (bicyclic) bond motifs is 1. The third-order valence-electron chi connectivity index (χ3n) is 3.08. The van der Waals surface area contributed by atoms with Crippen molar-refractivity contribution in [2.24, 2.45) is 0 Å². The van der Waals surface area contributed by atoms with E-state index in [-0.39, 0.29) is 0 Å². The maximum absolute atomic E-state index is 4.50. The maximum Gasteiger partial charge on any atom is 0.159 e. The van der Waals surface area contributed by atoms with Crippen molar-refractivity contribution in [3.05, 3.63) is 41.5 Å². The van der Waals surface area contributed by atoms with Gasteiger partial charge in [-0.15, -0.1) is 0 Å². The topological polar surface area (TPSA) is 80.2 Å². The van der Waals surface area contributed by atoms with Crippen LogP contribution in [-0.2, 0) is 12.8 Å². The molecule has 0 bridgehead atoms. The van der Waals surface area contributed by atoms with E-state index in [1.54, 1.807) is 18.6 Å². The summed E-state index contributed by atoms with van der Waals surface area (Å²) in [7, 11) is 0. The molecule has 0 amide bonds. The summed E-state index contributed by atoms with van der Waals surface area (Å²) in [5.74, 6) is 0.752. The van der Waals surface area contributed by atoms with Crippen LogP contribution in [0.5, 0.6) is 0 Å². The Bertz CT molecular complexity index is 718. The largest absolute Gasteiger partial charge is 0.261 e. The summed E-state index contributed by atoms with van der Waals surface area (Å²) >= 11 is 0. The Hall–Kier alpha value is -2.37. The third-order valence-corrected chi connectivity index (χ3v) is 3.08. The Kier molecular flexibility index (Phi) is 2.91. The van der Waals surface area contributed by atoms with E-state index in [2.05, 4.69) is 30.1 Å². The van der Waals surface area contributed by atoms with Gasteiger partial charge in [-0.25, -0.2) is 9.97 Å². The second kappa shape index (κ2) is 4.72. The van der Waals surface area contributed by atoms with E-state index < -0.39 is 0 Å². The highest BCUT2D eigenvalue weighted by Crippen LogP contribution is 2.15. The molecule has 0 atom stereocenters. The number of aromatic amines is 1. The van der Waals surface area contributed by atoms with E-state index in [9.17, 15) is 0 Å². The molecule has 3 aromatic rings. The van der Waals surface area contributed by atoms with Crippen molar-refractivity contribution in [1.82, 2.24) is 30.1 Å². The van der Waals surface area contributed by atoms with Crippen LogP contribution in [0.3, 0.4) is 0 Å².